The molecule has 1 aromatic carbocycles. The summed E-state index contributed by atoms with van der Waals surface area (Å²) in [4.78, 5) is 0. The summed E-state index contributed by atoms with van der Waals surface area (Å²) in [6.45, 7) is 2.82. The predicted molar refractivity (Wildman–Crippen MR) is 58.4 cm³/mol. The molecule has 2 aromatic rings. The van der Waals surface area contributed by atoms with E-state index in [-0.39, 0.29) is 0 Å². The molecule has 0 saturated carbocycles. The van der Waals surface area contributed by atoms with Gasteiger partial charge in [0.25, 0.3) is 0 Å². The number of benzene rings is 1. The molecule has 0 radical (unpaired) electrons. The zero-order chi connectivity index (χ0) is 10.1. The maximum Gasteiger partial charge on any atom is 0.0733 e. The van der Waals surface area contributed by atoms with Crippen LogP contribution in [-0.4, -0.2) is 11.7 Å². The van der Waals surface area contributed by atoms with Gasteiger partial charge < -0.3 is 9.30 Å². The number of para-hydroxylation sites is 1. The third-order valence-corrected chi connectivity index (χ3v) is 2.59. The number of nitrogens with zero attached hydrogens (tertiary/aromatic N) is 1. The zero-order valence-electron chi connectivity index (χ0n) is 8.87. The van der Waals surface area contributed by atoms with Gasteiger partial charge >= 0.3 is 0 Å². The second kappa shape index (κ2) is 3.46. The summed E-state index contributed by atoms with van der Waals surface area (Å²) in [5.41, 5.74) is 3.88. The van der Waals surface area contributed by atoms with Crippen molar-refractivity contribution in [1.29, 1.82) is 0 Å². The average molecular weight is 189 g/mol. The maximum absolute atomic E-state index is 5.18. The lowest BCUT2D eigenvalue weighted by molar-refractivity contribution is 0.186. The molecule has 2 rings (SSSR count). The van der Waals surface area contributed by atoms with Crippen molar-refractivity contribution in [3.63, 3.8) is 0 Å². The largest absolute Gasteiger partial charge is 0.380 e. The van der Waals surface area contributed by atoms with Crippen molar-refractivity contribution >= 4 is 10.9 Å². The summed E-state index contributed by atoms with van der Waals surface area (Å²) in [6.07, 6.45) is 2.14. The van der Waals surface area contributed by atoms with E-state index in [1.54, 1.807) is 7.11 Å². The first-order valence-electron chi connectivity index (χ1n) is 4.76. The molecule has 1 aromatic heterocycles. The Morgan fingerprint density at radius 2 is 2.14 bits per heavy atom. The van der Waals surface area contributed by atoms with E-state index in [1.165, 1.54) is 22.0 Å². The molecule has 0 saturated heterocycles. The smallest absolute Gasteiger partial charge is 0.0733 e. The van der Waals surface area contributed by atoms with Crippen molar-refractivity contribution in [3.05, 3.63) is 35.5 Å². The average Bonchev–Trinajstić information content (AvgIpc) is 2.46. The molecule has 0 aliphatic heterocycles. The van der Waals surface area contributed by atoms with Crippen LogP contribution in [0.15, 0.2) is 24.4 Å². The highest BCUT2D eigenvalue weighted by Crippen LogP contribution is 2.23. The molecular formula is C12H15NO. The molecule has 0 fully saturated rings. The van der Waals surface area contributed by atoms with Crippen LogP contribution in [0.2, 0.25) is 0 Å². The van der Waals surface area contributed by atoms with E-state index >= 15 is 0 Å². The minimum Gasteiger partial charge on any atom is -0.380 e. The van der Waals surface area contributed by atoms with Crippen LogP contribution >= 0.6 is 0 Å². The normalized spacial score (nSPS) is 11.1. The lowest BCUT2D eigenvalue weighted by atomic mass is 10.1. The molecule has 74 valence electrons. The maximum atomic E-state index is 5.18. The minimum absolute atomic E-state index is 0.681. The lowest BCUT2D eigenvalue weighted by Crippen LogP contribution is -1.86. The first-order chi connectivity index (χ1) is 6.74. The van der Waals surface area contributed by atoms with Gasteiger partial charge in [0.15, 0.2) is 0 Å². The van der Waals surface area contributed by atoms with Crippen LogP contribution in [0.5, 0.6) is 0 Å². The van der Waals surface area contributed by atoms with E-state index < -0.39 is 0 Å². The molecule has 0 unspecified atom stereocenters. The van der Waals surface area contributed by atoms with Gasteiger partial charge in [0, 0.05) is 31.3 Å². The molecule has 0 aliphatic rings. The van der Waals surface area contributed by atoms with Crippen molar-refractivity contribution in [3.8, 4) is 0 Å². The van der Waals surface area contributed by atoms with E-state index in [0.29, 0.717) is 6.61 Å². The van der Waals surface area contributed by atoms with Crippen LogP contribution in [0.1, 0.15) is 11.1 Å². The van der Waals surface area contributed by atoms with E-state index in [4.69, 9.17) is 4.74 Å². The SMILES string of the molecule is COCc1cn(C)c2c(C)cccc12. The summed E-state index contributed by atoms with van der Waals surface area (Å²) in [7, 11) is 3.81. The number of aryl methyl sites for hydroxylation is 2. The van der Waals surface area contributed by atoms with Crippen LogP contribution in [0.4, 0.5) is 0 Å². The molecular weight excluding hydrogens is 174 g/mol. The highest BCUT2D eigenvalue weighted by molar-refractivity contribution is 5.86. The molecule has 0 N–H and O–H groups in total. The highest BCUT2D eigenvalue weighted by Gasteiger charge is 2.07. The molecule has 0 spiro atoms. The first kappa shape index (κ1) is 9.28. The number of hydrogen-bond donors (Lipinski definition) is 0. The van der Waals surface area contributed by atoms with Crippen LogP contribution in [0, 0.1) is 6.92 Å². The topological polar surface area (TPSA) is 14.2 Å². The van der Waals surface area contributed by atoms with Gasteiger partial charge in [0.05, 0.1) is 12.1 Å². The van der Waals surface area contributed by atoms with Crippen molar-refractivity contribution < 1.29 is 4.74 Å². The fraction of sp³-hybridized carbons (Fsp3) is 0.333. The number of rotatable bonds is 2. The minimum atomic E-state index is 0.681. The van der Waals surface area contributed by atoms with Gasteiger partial charge in [-0.1, -0.05) is 18.2 Å². The Kier molecular flexibility index (Phi) is 2.30. The summed E-state index contributed by atoms with van der Waals surface area (Å²) in [5.74, 6) is 0. The van der Waals surface area contributed by atoms with Crippen molar-refractivity contribution in [2.24, 2.45) is 7.05 Å². The monoisotopic (exact) mass is 189 g/mol. The molecule has 1 heterocycles. The van der Waals surface area contributed by atoms with Gasteiger partial charge in [0.1, 0.15) is 0 Å². The Morgan fingerprint density at radius 3 is 2.86 bits per heavy atom. The Bertz CT molecular complexity index is 457. The van der Waals surface area contributed by atoms with Gasteiger partial charge in [-0.25, -0.2) is 0 Å². The van der Waals surface area contributed by atoms with Crippen molar-refractivity contribution in [1.82, 2.24) is 4.57 Å². The zero-order valence-corrected chi connectivity index (χ0v) is 8.87. The number of fused-ring (bicyclic) bond motifs is 1. The number of aromatic nitrogens is 1. The highest BCUT2D eigenvalue weighted by atomic mass is 16.5. The van der Waals surface area contributed by atoms with E-state index in [9.17, 15) is 0 Å². The summed E-state index contributed by atoms with van der Waals surface area (Å²) in [6, 6.07) is 6.38. The number of methoxy groups -OCH3 is 1. The Balaban J connectivity index is 2.71. The molecule has 2 nitrogen and oxygen atoms in total. The quantitative estimate of drug-likeness (QED) is 0.708. The summed E-state index contributed by atoms with van der Waals surface area (Å²) in [5, 5.41) is 1.30. The predicted octanol–water partition coefficient (Wildman–Crippen LogP) is 2.63. The number of hydrogen-bond acceptors (Lipinski definition) is 1. The van der Waals surface area contributed by atoms with Crippen LogP contribution in [0.3, 0.4) is 0 Å². The Hall–Kier alpha value is -1.28. The first-order valence-corrected chi connectivity index (χ1v) is 4.76. The standard InChI is InChI=1S/C12H15NO/c1-9-5-4-6-11-10(8-14-3)7-13(2)12(9)11/h4-7H,8H2,1-3H3. The molecule has 0 atom stereocenters. The molecule has 14 heavy (non-hydrogen) atoms. The Labute approximate surface area is 84.1 Å². The van der Waals surface area contributed by atoms with Crippen molar-refractivity contribution in [2.45, 2.75) is 13.5 Å². The summed E-state index contributed by atoms with van der Waals surface area (Å²) >= 11 is 0. The fourth-order valence-electron chi connectivity index (χ4n) is 2.02. The van der Waals surface area contributed by atoms with Gasteiger partial charge in [0.2, 0.25) is 0 Å². The van der Waals surface area contributed by atoms with Gasteiger partial charge in [-0.2, -0.15) is 0 Å². The Morgan fingerprint density at radius 1 is 1.36 bits per heavy atom. The van der Waals surface area contributed by atoms with Gasteiger partial charge in [-0.15, -0.1) is 0 Å². The second-order valence-electron chi connectivity index (χ2n) is 3.67. The van der Waals surface area contributed by atoms with Crippen LogP contribution in [-0.2, 0) is 18.4 Å². The van der Waals surface area contributed by atoms with E-state index in [2.05, 4.69) is 42.9 Å². The lowest BCUT2D eigenvalue weighted by Gasteiger charge is -2.00. The fourth-order valence-corrected chi connectivity index (χ4v) is 2.02. The third kappa shape index (κ3) is 1.32. The second-order valence-corrected chi connectivity index (χ2v) is 3.67. The third-order valence-electron chi connectivity index (χ3n) is 2.59. The molecule has 0 bridgehead atoms. The van der Waals surface area contributed by atoms with Crippen molar-refractivity contribution in [2.75, 3.05) is 7.11 Å². The van der Waals surface area contributed by atoms with E-state index in [0.717, 1.165) is 0 Å². The molecule has 2 heteroatoms. The molecule has 0 aliphatic carbocycles. The number of ether oxygens (including phenoxy) is 1. The molecule has 0 amide bonds. The van der Waals surface area contributed by atoms with Crippen LogP contribution < -0.4 is 0 Å². The van der Waals surface area contributed by atoms with E-state index in [1.807, 2.05) is 0 Å². The summed E-state index contributed by atoms with van der Waals surface area (Å²) < 4.78 is 7.34. The van der Waals surface area contributed by atoms with Gasteiger partial charge in [-0.3, -0.25) is 0 Å². The van der Waals surface area contributed by atoms with Crippen LogP contribution in [0.25, 0.3) is 10.9 Å². The van der Waals surface area contributed by atoms with Gasteiger partial charge in [-0.05, 0) is 12.5 Å².